The Morgan fingerprint density at radius 1 is 1.14 bits per heavy atom. The molecule has 1 aliphatic carbocycles. The number of hydrogen-bond donors (Lipinski definition) is 3. The van der Waals surface area contributed by atoms with E-state index in [2.05, 4.69) is 5.32 Å². The number of carbonyl (C=O) groups is 1. The van der Waals surface area contributed by atoms with Crippen molar-refractivity contribution in [3.05, 3.63) is 48.0 Å². The first kappa shape index (κ1) is 15.0. The van der Waals surface area contributed by atoms with Crippen molar-refractivity contribution in [1.82, 2.24) is 5.32 Å². The van der Waals surface area contributed by atoms with Crippen molar-refractivity contribution in [2.75, 3.05) is 6.61 Å². The van der Waals surface area contributed by atoms with E-state index in [9.17, 15) is 9.90 Å². The van der Waals surface area contributed by atoms with Crippen molar-refractivity contribution >= 4 is 16.7 Å². The zero-order valence-electron chi connectivity index (χ0n) is 12.4. The van der Waals surface area contributed by atoms with Crippen LogP contribution in [0.1, 0.15) is 18.4 Å². The molecule has 0 saturated heterocycles. The zero-order chi connectivity index (χ0) is 15.5. The smallest absolute Gasteiger partial charge is 0.224 e. The van der Waals surface area contributed by atoms with Gasteiger partial charge in [-0.05, 0) is 29.2 Å². The second kappa shape index (κ2) is 6.46. The fraction of sp³-hybridized carbons (Fsp3) is 0.389. The van der Waals surface area contributed by atoms with Gasteiger partial charge in [-0.3, -0.25) is 4.79 Å². The summed E-state index contributed by atoms with van der Waals surface area (Å²) in [6, 6.07) is 14.0. The minimum atomic E-state index is -0.521. The van der Waals surface area contributed by atoms with Gasteiger partial charge in [0.25, 0.3) is 0 Å². The van der Waals surface area contributed by atoms with Gasteiger partial charge in [0.05, 0.1) is 12.5 Å². The molecule has 4 nitrogen and oxygen atoms in total. The summed E-state index contributed by atoms with van der Waals surface area (Å²) in [6.07, 6.45) is 0.969. The van der Waals surface area contributed by atoms with Gasteiger partial charge in [0.1, 0.15) is 0 Å². The summed E-state index contributed by atoms with van der Waals surface area (Å²) < 4.78 is 0. The Morgan fingerprint density at radius 2 is 1.91 bits per heavy atom. The van der Waals surface area contributed by atoms with Gasteiger partial charge in [-0.2, -0.15) is 0 Å². The molecule has 2 aromatic carbocycles. The van der Waals surface area contributed by atoms with Gasteiger partial charge in [0, 0.05) is 18.6 Å². The van der Waals surface area contributed by atoms with Gasteiger partial charge in [-0.1, -0.05) is 42.5 Å². The molecule has 0 radical (unpaired) electrons. The largest absolute Gasteiger partial charge is 0.396 e. The van der Waals surface area contributed by atoms with Crippen molar-refractivity contribution in [3.63, 3.8) is 0 Å². The van der Waals surface area contributed by atoms with Crippen LogP contribution in [0.5, 0.6) is 0 Å². The van der Waals surface area contributed by atoms with Gasteiger partial charge in [-0.25, -0.2) is 0 Å². The fourth-order valence-corrected chi connectivity index (χ4v) is 3.32. The number of hydrogen-bond acceptors (Lipinski definition) is 3. The number of aliphatic hydroxyl groups excluding tert-OH is 2. The van der Waals surface area contributed by atoms with E-state index in [1.807, 2.05) is 42.5 Å². The Bertz CT molecular complexity index is 665. The predicted octanol–water partition coefficient (Wildman–Crippen LogP) is 1.63. The van der Waals surface area contributed by atoms with Gasteiger partial charge in [0.15, 0.2) is 0 Å². The summed E-state index contributed by atoms with van der Waals surface area (Å²) >= 11 is 0. The molecular formula is C18H21NO3. The normalized spacial score (nSPS) is 24.5. The second-order valence-electron chi connectivity index (χ2n) is 6.06. The zero-order valence-corrected chi connectivity index (χ0v) is 12.4. The van der Waals surface area contributed by atoms with Crippen LogP contribution in [0.4, 0.5) is 0 Å². The molecule has 2 aromatic rings. The molecule has 3 atom stereocenters. The van der Waals surface area contributed by atoms with Gasteiger partial charge in [0.2, 0.25) is 5.91 Å². The van der Waals surface area contributed by atoms with E-state index in [0.29, 0.717) is 19.3 Å². The van der Waals surface area contributed by atoms with Crippen LogP contribution in [0.15, 0.2) is 42.5 Å². The highest BCUT2D eigenvalue weighted by Gasteiger charge is 2.33. The Morgan fingerprint density at radius 3 is 2.68 bits per heavy atom. The molecule has 0 spiro atoms. The molecule has 1 amide bonds. The van der Waals surface area contributed by atoms with Gasteiger partial charge < -0.3 is 15.5 Å². The molecule has 22 heavy (non-hydrogen) atoms. The Labute approximate surface area is 129 Å². The average Bonchev–Trinajstić information content (AvgIpc) is 2.87. The summed E-state index contributed by atoms with van der Waals surface area (Å²) in [7, 11) is 0. The van der Waals surface area contributed by atoms with Crippen molar-refractivity contribution < 1.29 is 15.0 Å². The summed E-state index contributed by atoms with van der Waals surface area (Å²) in [5, 5.41) is 24.2. The Kier molecular flexibility index (Phi) is 4.41. The van der Waals surface area contributed by atoms with Crippen LogP contribution < -0.4 is 5.32 Å². The maximum Gasteiger partial charge on any atom is 0.224 e. The number of nitrogens with one attached hydrogen (secondary N) is 1. The highest BCUT2D eigenvalue weighted by molar-refractivity contribution is 5.90. The Balaban J connectivity index is 1.67. The summed E-state index contributed by atoms with van der Waals surface area (Å²) in [6.45, 7) is -0.0309. The fourth-order valence-electron chi connectivity index (χ4n) is 3.32. The molecule has 4 heteroatoms. The van der Waals surface area contributed by atoms with Gasteiger partial charge >= 0.3 is 0 Å². The third-order valence-corrected chi connectivity index (χ3v) is 4.49. The monoisotopic (exact) mass is 299 g/mol. The first-order valence-corrected chi connectivity index (χ1v) is 7.72. The van der Waals surface area contributed by atoms with E-state index in [4.69, 9.17) is 5.11 Å². The maximum atomic E-state index is 12.3. The number of amides is 1. The minimum Gasteiger partial charge on any atom is -0.396 e. The molecule has 0 aliphatic heterocycles. The summed E-state index contributed by atoms with van der Waals surface area (Å²) in [5.41, 5.74) is 1.01. The van der Waals surface area contributed by atoms with E-state index in [1.165, 1.54) is 0 Å². The van der Waals surface area contributed by atoms with Crippen molar-refractivity contribution in [2.45, 2.75) is 31.4 Å². The van der Waals surface area contributed by atoms with Gasteiger partial charge in [-0.15, -0.1) is 0 Å². The number of fused-ring (bicyclic) bond motifs is 1. The third kappa shape index (κ3) is 3.13. The quantitative estimate of drug-likeness (QED) is 0.803. The predicted molar refractivity (Wildman–Crippen MR) is 85.4 cm³/mol. The minimum absolute atomic E-state index is 0.0309. The highest BCUT2D eigenvalue weighted by Crippen LogP contribution is 2.26. The number of aliphatic hydroxyl groups is 2. The van der Waals surface area contributed by atoms with Crippen molar-refractivity contribution in [3.8, 4) is 0 Å². The van der Waals surface area contributed by atoms with Crippen LogP contribution >= 0.6 is 0 Å². The molecule has 1 saturated carbocycles. The van der Waals surface area contributed by atoms with Crippen LogP contribution in [0.2, 0.25) is 0 Å². The van der Waals surface area contributed by atoms with Crippen molar-refractivity contribution in [1.29, 1.82) is 0 Å². The summed E-state index contributed by atoms with van der Waals surface area (Å²) in [5.74, 6) is -0.157. The van der Waals surface area contributed by atoms with Crippen LogP contribution in [-0.2, 0) is 11.2 Å². The molecule has 3 unspecified atom stereocenters. The van der Waals surface area contributed by atoms with Crippen LogP contribution in [-0.4, -0.2) is 34.9 Å². The third-order valence-electron chi connectivity index (χ3n) is 4.49. The number of carbonyl (C=O) groups excluding carboxylic acids is 1. The lowest BCUT2D eigenvalue weighted by Gasteiger charge is -2.13. The van der Waals surface area contributed by atoms with E-state index < -0.39 is 6.10 Å². The molecule has 0 heterocycles. The topological polar surface area (TPSA) is 69.6 Å². The lowest BCUT2D eigenvalue weighted by atomic mass is 10.0. The number of rotatable bonds is 4. The Hall–Kier alpha value is -1.91. The molecule has 0 aromatic heterocycles. The van der Waals surface area contributed by atoms with E-state index in [1.54, 1.807) is 0 Å². The van der Waals surface area contributed by atoms with Crippen LogP contribution in [0, 0.1) is 5.92 Å². The SMILES string of the molecule is O=C(Cc1cccc2ccccc12)NC1CC(O)C(CO)C1. The molecule has 1 fully saturated rings. The van der Waals surface area contributed by atoms with E-state index in [0.717, 1.165) is 16.3 Å². The van der Waals surface area contributed by atoms with E-state index >= 15 is 0 Å². The highest BCUT2D eigenvalue weighted by atomic mass is 16.3. The summed E-state index contributed by atoms with van der Waals surface area (Å²) in [4.78, 5) is 12.3. The first-order valence-electron chi connectivity index (χ1n) is 7.72. The molecule has 3 rings (SSSR count). The lowest BCUT2D eigenvalue weighted by molar-refractivity contribution is -0.121. The maximum absolute atomic E-state index is 12.3. The first-order chi connectivity index (χ1) is 10.7. The molecule has 1 aliphatic rings. The second-order valence-corrected chi connectivity index (χ2v) is 6.06. The van der Waals surface area contributed by atoms with E-state index in [-0.39, 0.29) is 24.5 Å². The van der Waals surface area contributed by atoms with Crippen LogP contribution in [0.3, 0.4) is 0 Å². The van der Waals surface area contributed by atoms with Crippen LogP contribution in [0.25, 0.3) is 10.8 Å². The lowest BCUT2D eigenvalue weighted by Crippen LogP contribution is -2.34. The van der Waals surface area contributed by atoms with Crippen molar-refractivity contribution in [2.24, 2.45) is 5.92 Å². The molecular weight excluding hydrogens is 278 g/mol. The standard InChI is InChI=1S/C18H21NO3/c20-11-14-8-15(10-17(14)21)19-18(22)9-13-6-3-5-12-4-1-2-7-16(12)13/h1-7,14-15,17,20-21H,8-11H2,(H,19,22). The average molecular weight is 299 g/mol. The molecule has 3 N–H and O–H groups in total. The number of benzene rings is 2. The molecule has 0 bridgehead atoms. The molecule has 116 valence electrons.